The summed E-state index contributed by atoms with van der Waals surface area (Å²) in [7, 11) is -0.814. The number of ether oxygens (including phenoxy) is 3. The molecule has 0 spiro atoms. The molecule has 0 aromatic heterocycles. The molecule has 2 aromatic carbocycles. The van der Waals surface area contributed by atoms with Gasteiger partial charge in [-0.05, 0) is 60.0 Å². The van der Waals surface area contributed by atoms with E-state index in [4.69, 9.17) is 19.0 Å². The summed E-state index contributed by atoms with van der Waals surface area (Å²) in [5.74, 6) is 1.22. The number of amides is 2. The van der Waals surface area contributed by atoms with Crippen LogP contribution < -0.4 is 19.5 Å². The van der Waals surface area contributed by atoms with Crippen LogP contribution in [0.1, 0.15) is 39.2 Å². The maximum atomic E-state index is 13.3. The molecule has 2 unspecified atom stereocenters. The predicted molar refractivity (Wildman–Crippen MR) is 150 cm³/mol. The first-order valence-electron chi connectivity index (χ1n) is 13.4. The molecule has 1 aliphatic rings. The van der Waals surface area contributed by atoms with E-state index in [0.29, 0.717) is 35.4 Å². The SMILES string of the molecule is CC(C)CN(OC(=O)NC(Cc1ccc(OCCCC(=O)N(C)C)cc1)C(C)O)S(=O)(=O)c1ccc2c(c1)OCO2. The molecule has 1 aliphatic heterocycles. The van der Waals surface area contributed by atoms with Crippen molar-refractivity contribution in [3.05, 3.63) is 48.0 Å². The maximum Gasteiger partial charge on any atom is 0.427 e. The monoisotopic (exact) mass is 593 g/mol. The average molecular weight is 594 g/mol. The lowest BCUT2D eigenvalue weighted by molar-refractivity contribution is -0.128. The van der Waals surface area contributed by atoms with E-state index >= 15 is 0 Å². The number of benzene rings is 2. The molecular weight excluding hydrogens is 554 g/mol. The highest BCUT2D eigenvalue weighted by molar-refractivity contribution is 7.89. The molecule has 0 bridgehead atoms. The van der Waals surface area contributed by atoms with Crippen LogP contribution in [0.5, 0.6) is 17.2 Å². The number of carbonyl (C=O) groups excluding carboxylic acids is 2. The number of aliphatic hydroxyl groups excluding tert-OH is 1. The van der Waals surface area contributed by atoms with Gasteiger partial charge >= 0.3 is 6.09 Å². The fourth-order valence-electron chi connectivity index (χ4n) is 3.86. The minimum Gasteiger partial charge on any atom is -0.494 e. The number of hydroxylamine groups is 1. The summed E-state index contributed by atoms with van der Waals surface area (Å²) in [6.45, 7) is 5.40. The second kappa shape index (κ2) is 14.4. The van der Waals surface area contributed by atoms with E-state index in [0.717, 1.165) is 5.56 Å². The highest BCUT2D eigenvalue weighted by atomic mass is 32.2. The highest BCUT2D eigenvalue weighted by Crippen LogP contribution is 2.34. The van der Waals surface area contributed by atoms with Crippen molar-refractivity contribution in [1.29, 1.82) is 0 Å². The zero-order valence-corrected chi connectivity index (χ0v) is 24.8. The van der Waals surface area contributed by atoms with Crippen LogP contribution in [-0.4, -0.2) is 81.1 Å². The van der Waals surface area contributed by atoms with Gasteiger partial charge in [-0.25, -0.2) is 13.2 Å². The molecule has 13 heteroatoms. The van der Waals surface area contributed by atoms with Crippen LogP contribution in [0.2, 0.25) is 0 Å². The van der Waals surface area contributed by atoms with Gasteiger partial charge < -0.3 is 34.4 Å². The number of sulfonamides is 1. The molecule has 0 fully saturated rings. The van der Waals surface area contributed by atoms with Gasteiger partial charge in [-0.1, -0.05) is 26.0 Å². The van der Waals surface area contributed by atoms with Crippen molar-refractivity contribution in [3.63, 3.8) is 0 Å². The summed E-state index contributed by atoms with van der Waals surface area (Å²) in [5.41, 5.74) is 0.804. The molecule has 12 nitrogen and oxygen atoms in total. The number of hydrogen-bond acceptors (Lipinski definition) is 9. The van der Waals surface area contributed by atoms with E-state index in [2.05, 4.69) is 5.32 Å². The third-order valence-electron chi connectivity index (χ3n) is 6.18. The molecular formula is C28H39N3O9S. The maximum absolute atomic E-state index is 13.3. The van der Waals surface area contributed by atoms with Crippen molar-refractivity contribution < 1.29 is 42.2 Å². The van der Waals surface area contributed by atoms with Gasteiger partial charge in [0.15, 0.2) is 11.5 Å². The first-order chi connectivity index (χ1) is 19.4. The van der Waals surface area contributed by atoms with Crippen LogP contribution in [0.15, 0.2) is 47.4 Å². The Morgan fingerprint density at radius 3 is 2.37 bits per heavy atom. The third kappa shape index (κ3) is 9.23. The van der Waals surface area contributed by atoms with E-state index < -0.39 is 28.3 Å². The normalized spacial score (nSPS) is 14.0. The smallest absolute Gasteiger partial charge is 0.427 e. The average Bonchev–Trinajstić information content (AvgIpc) is 3.39. The highest BCUT2D eigenvalue weighted by Gasteiger charge is 2.32. The largest absolute Gasteiger partial charge is 0.494 e. The molecule has 1 heterocycles. The zero-order chi connectivity index (χ0) is 30.2. The molecule has 2 N–H and O–H groups in total. The molecule has 2 amide bonds. The van der Waals surface area contributed by atoms with E-state index in [-0.39, 0.29) is 42.2 Å². The van der Waals surface area contributed by atoms with Gasteiger partial charge in [-0.3, -0.25) is 4.79 Å². The lowest BCUT2D eigenvalue weighted by atomic mass is 10.0. The Kier molecular flexibility index (Phi) is 11.2. The Morgan fingerprint density at radius 2 is 1.73 bits per heavy atom. The van der Waals surface area contributed by atoms with Crippen LogP contribution >= 0.6 is 0 Å². The summed E-state index contributed by atoms with van der Waals surface area (Å²) in [4.78, 5) is 31.2. The lowest BCUT2D eigenvalue weighted by Crippen LogP contribution is -2.47. The number of fused-ring (bicyclic) bond motifs is 1. The Labute approximate surface area is 241 Å². The Hall–Kier alpha value is -3.55. The number of nitrogens with zero attached hydrogens (tertiary/aromatic N) is 2. The lowest BCUT2D eigenvalue weighted by Gasteiger charge is -2.25. The van der Waals surface area contributed by atoms with Crippen molar-refractivity contribution in [2.45, 2.75) is 57.1 Å². The van der Waals surface area contributed by atoms with E-state index in [9.17, 15) is 23.1 Å². The number of nitrogens with one attached hydrogen (secondary N) is 1. The topological polar surface area (TPSA) is 144 Å². The molecule has 0 radical (unpaired) electrons. The van der Waals surface area contributed by atoms with Gasteiger partial charge in [0.25, 0.3) is 10.0 Å². The van der Waals surface area contributed by atoms with Gasteiger partial charge in [0, 0.05) is 26.6 Å². The van der Waals surface area contributed by atoms with Crippen molar-refractivity contribution >= 4 is 22.0 Å². The third-order valence-corrected chi connectivity index (χ3v) is 7.79. The van der Waals surface area contributed by atoms with Gasteiger partial charge in [0.1, 0.15) is 5.75 Å². The summed E-state index contributed by atoms with van der Waals surface area (Å²) in [6.07, 6.45) is -0.739. The van der Waals surface area contributed by atoms with Gasteiger partial charge in [-0.2, -0.15) is 0 Å². The molecule has 2 aromatic rings. The predicted octanol–water partition coefficient (Wildman–Crippen LogP) is 2.94. The van der Waals surface area contributed by atoms with Crippen LogP contribution in [0.4, 0.5) is 4.79 Å². The number of rotatable bonds is 14. The molecule has 0 saturated heterocycles. The summed E-state index contributed by atoms with van der Waals surface area (Å²) in [6, 6.07) is 10.5. The fraction of sp³-hybridized carbons (Fsp3) is 0.500. The van der Waals surface area contributed by atoms with Crippen LogP contribution in [0, 0.1) is 5.92 Å². The fourth-order valence-corrected chi connectivity index (χ4v) is 5.25. The van der Waals surface area contributed by atoms with Crippen molar-refractivity contribution in [3.8, 4) is 17.2 Å². The molecule has 3 rings (SSSR count). The molecule has 226 valence electrons. The number of hydrogen-bond donors (Lipinski definition) is 2. The number of carbonyl (C=O) groups is 2. The van der Waals surface area contributed by atoms with E-state index in [1.165, 1.54) is 30.0 Å². The summed E-state index contributed by atoms with van der Waals surface area (Å²) in [5, 5.41) is 12.9. The Bertz CT molecular complexity index is 1280. The zero-order valence-electron chi connectivity index (χ0n) is 24.0. The minimum absolute atomic E-state index is 0.0108. The molecule has 2 atom stereocenters. The molecule has 0 aliphatic carbocycles. The van der Waals surface area contributed by atoms with Crippen LogP contribution in [0.25, 0.3) is 0 Å². The minimum atomic E-state index is -4.23. The van der Waals surface area contributed by atoms with Crippen LogP contribution in [-0.2, 0) is 26.1 Å². The van der Waals surface area contributed by atoms with E-state index in [1.54, 1.807) is 52.2 Å². The Balaban J connectivity index is 1.61. The van der Waals surface area contributed by atoms with E-state index in [1.807, 2.05) is 0 Å². The standard InChI is InChI=1S/C28H39N3O9S/c1-19(2)17-31(41(35,36)23-12-13-25-26(16-23)39-18-38-25)40-28(34)29-24(20(3)32)15-21-8-10-22(11-9-21)37-14-6-7-27(33)30(4)5/h8-13,16,19-20,24,32H,6-7,14-15,17-18H2,1-5H3,(H,29,34). The van der Waals surface area contributed by atoms with Crippen molar-refractivity contribution in [2.24, 2.45) is 5.92 Å². The van der Waals surface area contributed by atoms with Gasteiger partial charge in [0.05, 0.1) is 30.2 Å². The summed E-state index contributed by atoms with van der Waals surface area (Å²) >= 11 is 0. The second-order valence-electron chi connectivity index (χ2n) is 10.4. The van der Waals surface area contributed by atoms with Crippen molar-refractivity contribution in [2.75, 3.05) is 34.0 Å². The Morgan fingerprint density at radius 1 is 1.05 bits per heavy atom. The van der Waals surface area contributed by atoms with Gasteiger partial charge in [0.2, 0.25) is 12.7 Å². The first-order valence-corrected chi connectivity index (χ1v) is 14.8. The second-order valence-corrected chi connectivity index (χ2v) is 12.2. The molecule has 41 heavy (non-hydrogen) atoms. The van der Waals surface area contributed by atoms with Gasteiger partial charge in [-0.15, -0.1) is 0 Å². The number of aliphatic hydroxyl groups is 1. The molecule has 0 saturated carbocycles. The van der Waals surface area contributed by atoms with Crippen LogP contribution in [0.3, 0.4) is 0 Å². The quantitative estimate of drug-likeness (QED) is 0.250. The van der Waals surface area contributed by atoms with Crippen molar-refractivity contribution in [1.82, 2.24) is 14.7 Å². The summed E-state index contributed by atoms with van der Waals surface area (Å²) < 4.78 is 43.6. The first kappa shape index (κ1) is 32.0.